The lowest BCUT2D eigenvalue weighted by molar-refractivity contribution is -0.147. The number of nitrogens with one attached hydrogen (secondary N) is 1. The molecule has 2 aliphatic heterocycles. The van der Waals surface area contributed by atoms with Crippen LogP contribution in [-0.4, -0.2) is 52.9 Å². The standard InChI is InChI=1S/C24H30N2O6/c27-21-10-9-20(22(28)25-21)15-1-5-18(6-2-15)32-19-7-3-16(4-8-19)23(29)26-13-11-17(12-14-26)24(30)31/h1-2,5-6,16-17,19-20H,3-4,7-14H2,(H,30,31)(H,25,27,28). The highest BCUT2D eigenvalue weighted by atomic mass is 16.5. The number of carbonyl (C=O) groups excluding carboxylic acids is 3. The first kappa shape index (κ1) is 22.3. The van der Waals surface area contributed by atoms with Crippen molar-refractivity contribution in [2.45, 2.75) is 63.4 Å². The lowest BCUT2D eigenvalue weighted by Crippen LogP contribution is -2.44. The molecule has 3 amide bonds. The summed E-state index contributed by atoms with van der Waals surface area (Å²) < 4.78 is 6.11. The molecule has 2 saturated heterocycles. The van der Waals surface area contributed by atoms with Gasteiger partial charge in [-0.25, -0.2) is 0 Å². The molecular formula is C24H30N2O6. The average Bonchev–Trinajstić information content (AvgIpc) is 2.80. The Labute approximate surface area is 187 Å². The van der Waals surface area contributed by atoms with Gasteiger partial charge in [0.15, 0.2) is 0 Å². The van der Waals surface area contributed by atoms with Crippen molar-refractivity contribution in [2.24, 2.45) is 11.8 Å². The van der Waals surface area contributed by atoms with Gasteiger partial charge in [0.05, 0.1) is 17.9 Å². The first-order chi connectivity index (χ1) is 15.4. The van der Waals surface area contributed by atoms with Crippen molar-refractivity contribution in [3.63, 3.8) is 0 Å². The van der Waals surface area contributed by atoms with Crippen molar-refractivity contribution >= 4 is 23.7 Å². The highest BCUT2D eigenvalue weighted by Crippen LogP contribution is 2.31. The molecule has 2 heterocycles. The first-order valence-corrected chi connectivity index (χ1v) is 11.5. The van der Waals surface area contributed by atoms with Crippen LogP contribution in [0.3, 0.4) is 0 Å². The number of carboxylic acid groups (broad SMARTS) is 1. The van der Waals surface area contributed by atoms with Gasteiger partial charge in [-0.15, -0.1) is 0 Å². The normalized spacial score (nSPS) is 27.0. The van der Waals surface area contributed by atoms with E-state index in [1.165, 1.54) is 0 Å². The van der Waals surface area contributed by atoms with Crippen LogP contribution in [0.1, 0.15) is 62.8 Å². The Hall–Kier alpha value is -2.90. The molecule has 1 aromatic rings. The predicted molar refractivity (Wildman–Crippen MR) is 115 cm³/mol. The lowest BCUT2D eigenvalue weighted by atomic mass is 9.85. The van der Waals surface area contributed by atoms with E-state index in [1.54, 1.807) is 0 Å². The second-order valence-corrected chi connectivity index (χ2v) is 9.10. The number of imide groups is 1. The molecule has 1 aliphatic carbocycles. The number of amides is 3. The van der Waals surface area contributed by atoms with E-state index in [4.69, 9.17) is 9.84 Å². The number of aliphatic carboxylic acids is 1. The van der Waals surface area contributed by atoms with Crippen LogP contribution in [0.15, 0.2) is 24.3 Å². The molecular weight excluding hydrogens is 412 g/mol. The second kappa shape index (κ2) is 9.71. The maximum absolute atomic E-state index is 12.8. The molecule has 0 bridgehead atoms. The van der Waals surface area contributed by atoms with E-state index < -0.39 is 5.97 Å². The smallest absolute Gasteiger partial charge is 0.306 e. The third kappa shape index (κ3) is 5.11. The molecule has 4 rings (SSSR count). The Balaban J connectivity index is 1.24. The molecule has 0 spiro atoms. The summed E-state index contributed by atoms with van der Waals surface area (Å²) in [5, 5.41) is 11.5. The zero-order chi connectivity index (χ0) is 22.7. The van der Waals surface area contributed by atoms with Gasteiger partial charge in [-0.2, -0.15) is 0 Å². The Morgan fingerprint density at radius 1 is 0.906 bits per heavy atom. The minimum atomic E-state index is -0.764. The number of carbonyl (C=O) groups is 4. The molecule has 1 aromatic carbocycles. The van der Waals surface area contributed by atoms with Crippen LogP contribution in [0, 0.1) is 11.8 Å². The summed E-state index contributed by atoms with van der Waals surface area (Å²) in [6, 6.07) is 7.49. The van der Waals surface area contributed by atoms with E-state index >= 15 is 0 Å². The highest BCUT2D eigenvalue weighted by molar-refractivity contribution is 6.00. The number of benzene rings is 1. The Morgan fingerprint density at radius 2 is 1.56 bits per heavy atom. The minimum Gasteiger partial charge on any atom is -0.490 e. The molecule has 8 heteroatoms. The highest BCUT2D eigenvalue weighted by Gasteiger charge is 2.33. The summed E-state index contributed by atoms with van der Waals surface area (Å²) in [6.07, 6.45) is 5.16. The molecule has 2 N–H and O–H groups in total. The van der Waals surface area contributed by atoms with Gasteiger partial charge in [-0.3, -0.25) is 24.5 Å². The number of rotatable bonds is 5. The summed E-state index contributed by atoms with van der Waals surface area (Å²) in [6.45, 7) is 1.07. The van der Waals surface area contributed by atoms with Crippen LogP contribution >= 0.6 is 0 Å². The van der Waals surface area contributed by atoms with Crippen LogP contribution in [0.4, 0.5) is 0 Å². The maximum atomic E-state index is 12.8. The number of hydrogen-bond donors (Lipinski definition) is 2. The second-order valence-electron chi connectivity index (χ2n) is 9.10. The Kier molecular flexibility index (Phi) is 6.77. The summed E-state index contributed by atoms with van der Waals surface area (Å²) >= 11 is 0. The van der Waals surface area contributed by atoms with Gasteiger partial charge >= 0.3 is 5.97 Å². The first-order valence-electron chi connectivity index (χ1n) is 11.5. The monoisotopic (exact) mass is 442 g/mol. The summed E-state index contributed by atoms with van der Waals surface area (Å²) in [7, 11) is 0. The molecule has 0 radical (unpaired) electrons. The van der Waals surface area contributed by atoms with Crippen LogP contribution in [0.5, 0.6) is 5.75 Å². The van der Waals surface area contributed by atoms with Crippen molar-refractivity contribution in [1.29, 1.82) is 0 Å². The largest absolute Gasteiger partial charge is 0.490 e. The summed E-state index contributed by atoms with van der Waals surface area (Å²) in [5.41, 5.74) is 0.878. The van der Waals surface area contributed by atoms with Crippen LogP contribution in [-0.2, 0) is 19.2 Å². The zero-order valence-electron chi connectivity index (χ0n) is 18.1. The maximum Gasteiger partial charge on any atom is 0.306 e. The van der Waals surface area contributed by atoms with Gasteiger partial charge in [0, 0.05) is 25.4 Å². The van der Waals surface area contributed by atoms with E-state index in [2.05, 4.69) is 5.32 Å². The number of ether oxygens (including phenoxy) is 1. The average molecular weight is 443 g/mol. The molecule has 8 nitrogen and oxygen atoms in total. The molecule has 172 valence electrons. The summed E-state index contributed by atoms with van der Waals surface area (Å²) in [4.78, 5) is 49.1. The van der Waals surface area contributed by atoms with Crippen molar-refractivity contribution in [1.82, 2.24) is 10.2 Å². The molecule has 32 heavy (non-hydrogen) atoms. The fourth-order valence-corrected chi connectivity index (χ4v) is 5.02. The van der Waals surface area contributed by atoms with Gasteiger partial charge in [0.25, 0.3) is 0 Å². The van der Waals surface area contributed by atoms with Gasteiger partial charge in [0.1, 0.15) is 5.75 Å². The molecule has 1 saturated carbocycles. The fraction of sp³-hybridized carbons (Fsp3) is 0.583. The molecule has 1 atom stereocenters. The molecule has 3 fully saturated rings. The molecule has 1 unspecified atom stereocenters. The van der Waals surface area contributed by atoms with Crippen molar-refractivity contribution < 1.29 is 29.0 Å². The lowest BCUT2D eigenvalue weighted by Gasteiger charge is -2.35. The van der Waals surface area contributed by atoms with E-state index in [-0.39, 0.29) is 41.6 Å². The topological polar surface area (TPSA) is 113 Å². The molecule has 0 aromatic heterocycles. The van der Waals surface area contributed by atoms with Gasteiger partial charge in [0.2, 0.25) is 17.7 Å². The van der Waals surface area contributed by atoms with E-state index in [1.807, 2.05) is 29.2 Å². The fourth-order valence-electron chi connectivity index (χ4n) is 5.02. The third-order valence-electron chi connectivity index (χ3n) is 7.00. The minimum absolute atomic E-state index is 0.00821. The molecule has 3 aliphatic rings. The van der Waals surface area contributed by atoms with Crippen molar-refractivity contribution in [3.05, 3.63) is 29.8 Å². The number of piperidine rings is 2. The summed E-state index contributed by atoms with van der Waals surface area (Å²) in [5.74, 6) is -0.970. The van der Waals surface area contributed by atoms with Crippen molar-refractivity contribution in [3.8, 4) is 5.75 Å². The van der Waals surface area contributed by atoms with Crippen LogP contribution in [0.2, 0.25) is 0 Å². The van der Waals surface area contributed by atoms with E-state index in [0.29, 0.717) is 38.8 Å². The van der Waals surface area contributed by atoms with Crippen molar-refractivity contribution in [2.75, 3.05) is 13.1 Å². The number of likely N-dealkylation sites (tertiary alicyclic amines) is 1. The van der Waals surface area contributed by atoms with E-state index in [0.717, 1.165) is 37.0 Å². The Bertz CT molecular complexity index is 867. The Morgan fingerprint density at radius 3 is 2.16 bits per heavy atom. The van der Waals surface area contributed by atoms with Crippen LogP contribution in [0.25, 0.3) is 0 Å². The van der Waals surface area contributed by atoms with Gasteiger partial charge in [-0.1, -0.05) is 12.1 Å². The van der Waals surface area contributed by atoms with Gasteiger partial charge in [-0.05, 0) is 62.6 Å². The number of carboxylic acids is 1. The van der Waals surface area contributed by atoms with Crippen LogP contribution < -0.4 is 10.1 Å². The SMILES string of the molecule is O=C1CCC(c2ccc(OC3CCC(C(=O)N4CCC(C(=O)O)CC4)CC3)cc2)C(=O)N1. The third-order valence-corrected chi connectivity index (χ3v) is 7.00. The quantitative estimate of drug-likeness (QED) is 0.678. The van der Waals surface area contributed by atoms with Gasteiger partial charge < -0.3 is 14.7 Å². The predicted octanol–water partition coefficient (Wildman–Crippen LogP) is 2.47. The van der Waals surface area contributed by atoms with E-state index in [9.17, 15) is 19.2 Å². The number of nitrogens with zero attached hydrogens (tertiary/aromatic N) is 1. The number of hydrogen-bond acceptors (Lipinski definition) is 5. The zero-order valence-corrected chi connectivity index (χ0v) is 18.1.